The Labute approximate surface area is 40.0 Å². The van der Waals surface area contributed by atoms with Crippen molar-refractivity contribution in [3.05, 3.63) is 14.0 Å². The molecule has 0 aromatic rings. The van der Waals surface area contributed by atoms with Gasteiger partial charge in [0.25, 0.3) is 0 Å². The molecule has 0 N–H and O–H groups in total. The zero-order valence-corrected chi connectivity index (χ0v) is 4.28. The minimum Gasteiger partial charge on any atom is -0.264 e. The van der Waals surface area contributed by atoms with Crippen molar-refractivity contribution < 1.29 is 0 Å². The topological polar surface area (TPSA) is 3.24 Å². The number of rotatable bonds is 2. The second-order valence-electron chi connectivity index (χ2n) is 1.21. The third-order valence-electron chi connectivity index (χ3n) is 0.763. The molecule has 0 aliphatic carbocycles. The molecule has 0 rings (SSSR count). The molecule has 0 aliphatic heterocycles. The molecule has 0 atom stereocenters. The zero-order valence-electron chi connectivity index (χ0n) is 4.28. The predicted molar refractivity (Wildman–Crippen MR) is 28.0 cm³/mol. The average Bonchev–Trinajstić information content (AvgIpc) is 1.65. The maximum Gasteiger partial charge on any atom is 0.138 e. The second-order valence-corrected chi connectivity index (χ2v) is 1.21. The first kappa shape index (κ1) is 5.83. The van der Waals surface area contributed by atoms with Crippen LogP contribution in [0, 0.1) is 14.0 Å². The number of hydrogen-bond acceptors (Lipinski definition) is 1. The fourth-order valence-electron chi connectivity index (χ4n) is 0.158. The lowest BCUT2D eigenvalue weighted by Gasteiger charge is -2.02. The van der Waals surface area contributed by atoms with Crippen LogP contribution in [0.4, 0.5) is 0 Å². The molecule has 0 fully saturated rings. The summed E-state index contributed by atoms with van der Waals surface area (Å²) >= 11 is 0. The fourth-order valence-corrected chi connectivity index (χ4v) is 0.158. The largest absolute Gasteiger partial charge is 0.264 e. The highest BCUT2D eigenvalue weighted by molar-refractivity contribution is 4.50. The van der Waals surface area contributed by atoms with Gasteiger partial charge in [-0.1, -0.05) is 6.92 Å². The van der Waals surface area contributed by atoms with Crippen LogP contribution < -0.4 is 0 Å². The molecule has 0 spiro atoms. The van der Waals surface area contributed by atoms with Crippen molar-refractivity contribution in [3.63, 3.8) is 0 Å². The van der Waals surface area contributed by atoms with Gasteiger partial charge in [0.1, 0.15) is 6.54 Å². The highest BCUT2D eigenvalue weighted by atomic mass is 15.1. The minimum atomic E-state index is 0.802. The van der Waals surface area contributed by atoms with Crippen molar-refractivity contribution in [3.8, 4) is 0 Å². The smallest absolute Gasteiger partial charge is 0.138 e. The van der Waals surface area contributed by atoms with E-state index in [0.29, 0.717) is 0 Å². The summed E-state index contributed by atoms with van der Waals surface area (Å²) in [5.74, 6) is 0. The van der Waals surface area contributed by atoms with E-state index in [-0.39, 0.29) is 0 Å². The molecule has 0 unspecified atom stereocenters. The maximum absolute atomic E-state index is 3.65. The van der Waals surface area contributed by atoms with E-state index in [1.54, 1.807) is 0 Å². The fraction of sp³-hybridized carbons (Fsp3) is 0.600. The maximum atomic E-state index is 3.65. The van der Waals surface area contributed by atoms with E-state index in [9.17, 15) is 0 Å². The Morgan fingerprint density at radius 3 is 2.33 bits per heavy atom. The third kappa shape index (κ3) is 2.09. The van der Waals surface area contributed by atoms with E-state index in [2.05, 4.69) is 20.9 Å². The summed E-state index contributed by atoms with van der Waals surface area (Å²) in [4.78, 5) is 1.89. The van der Waals surface area contributed by atoms with Gasteiger partial charge in [0.15, 0.2) is 0 Å². The molecule has 0 aromatic heterocycles. The molecular formula is C5H11N+. The van der Waals surface area contributed by atoms with Crippen LogP contribution in [0.3, 0.4) is 0 Å². The molecule has 1 heteroatoms. The Bertz CT molecular complexity index is 23.1. The Morgan fingerprint density at radius 2 is 2.33 bits per heavy atom. The van der Waals surface area contributed by atoms with Crippen molar-refractivity contribution in [2.75, 3.05) is 13.1 Å². The van der Waals surface area contributed by atoms with Crippen LogP contribution in [-0.2, 0) is 0 Å². The second kappa shape index (κ2) is 3.04. The van der Waals surface area contributed by atoms with Gasteiger partial charge >= 0.3 is 0 Å². The van der Waals surface area contributed by atoms with Gasteiger partial charge in [-0.15, -0.1) is 0 Å². The summed E-state index contributed by atoms with van der Waals surface area (Å²) in [5, 5.41) is 0. The monoisotopic (exact) mass is 85.1 g/mol. The van der Waals surface area contributed by atoms with Crippen molar-refractivity contribution in [2.24, 2.45) is 0 Å². The molecule has 0 heterocycles. The molecule has 0 aliphatic rings. The van der Waals surface area contributed by atoms with Crippen molar-refractivity contribution >= 4 is 0 Å². The van der Waals surface area contributed by atoms with Crippen LogP contribution in [-0.4, -0.2) is 18.0 Å². The van der Waals surface area contributed by atoms with Crippen molar-refractivity contribution in [1.82, 2.24) is 4.90 Å². The van der Waals surface area contributed by atoms with Gasteiger partial charge in [0, 0.05) is 7.05 Å². The normalized spacial score (nSPS) is 9.83. The summed E-state index contributed by atoms with van der Waals surface area (Å²) < 4.78 is 0. The van der Waals surface area contributed by atoms with Crippen LogP contribution in [0.1, 0.15) is 6.92 Å². The summed E-state index contributed by atoms with van der Waals surface area (Å²) in [5.41, 5.74) is 0. The molecule has 1 nitrogen and oxygen atoms in total. The van der Waals surface area contributed by atoms with Crippen LogP contribution in [0.2, 0.25) is 0 Å². The molecule has 0 amide bonds. The lowest BCUT2D eigenvalue weighted by atomic mass is 10.6. The molecular weight excluding hydrogens is 74.1 g/mol. The first-order valence-electron chi connectivity index (χ1n) is 2.16. The Hall–Kier alpha value is -0.170. The molecule has 1 radical (unpaired) electrons. The lowest BCUT2D eigenvalue weighted by molar-refractivity contribution is 0.432. The Morgan fingerprint density at radius 1 is 1.83 bits per heavy atom. The van der Waals surface area contributed by atoms with Crippen molar-refractivity contribution in [2.45, 2.75) is 6.92 Å². The zero-order chi connectivity index (χ0) is 4.99. The van der Waals surface area contributed by atoms with E-state index in [0.717, 1.165) is 13.1 Å². The van der Waals surface area contributed by atoms with E-state index >= 15 is 0 Å². The molecule has 0 saturated heterocycles. The van der Waals surface area contributed by atoms with E-state index in [4.69, 9.17) is 0 Å². The highest BCUT2D eigenvalue weighted by Crippen LogP contribution is 1.76. The van der Waals surface area contributed by atoms with Gasteiger partial charge in [-0.2, -0.15) is 0 Å². The summed E-state index contributed by atoms with van der Waals surface area (Å²) in [6.07, 6.45) is 0. The van der Waals surface area contributed by atoms with Crippen LogP contribution in [0.15, 0.2) is 0 Å². The van der Waals surface area contributed by atoms with E-state index < -0.39 is 0 Å². The highest BCUT2D eigenvalue weighted by Gasteiger charge is 1.87. The summed E-state index contributed by atoms with van der Waals surface area (Å²) in [6, 6.07) is 0. The van der Waals surface area contributed by atoms with Gasteiger partial charge in [-0.05, 0) is 6.54 Å². The number of nitrogens with zero attached hydrogens (tertiary/aromatic N) is 1. The molecule has 0 bridgehead atoms. The summed E-state index contributed by atoms with van der Waals surface area (Å²) in [6.45, 7) is 7.47. The SMILES string of the molecule is [CH2]N(C[CH2+])CC. The number of hydrogen-bond donors (Lipinski definition) is 0. The van der Waals surface area contributed by atoms with Gasteiger partial charge in [-0.25, -0.2) is 0 Å². The molecule has 0 saturated carbocycles. The van der Waals surface area contributed by atoms with E-state index in [1.807, 2.05) is 4.90 Å². The van der Waals surface area contributed by atoms with Gasteiger partial charge in [0.05, 0.1) is 6.92 Å². The third-order valence-corrected chi connectivity index (χ3v) is 0.763. The summed E-state index contributed by atoms with van der Waals surface area (Å²) in [7, 11) is 3.65. The van der Waals surface area contributed by atoms with Crippen LogP contribution in [0.5, 0.6) is 0 Å². The first-order chi connectivity index (χ1) is 2.81. The van der Waals surface area contributed by atoms with E-state index in [1.165, 1.54) is 0 Å². The molecule has 35 valence electrons. The predicted octanol–water partition coefficient (Wildman–Crippen LogP) is 0.934. The molecule has 0 aromatic carbocycles. The lowest BCUT2D eigenvalue weighted by Crippen LogP contribution is -2.13. The van der Waals surface area contributed by atoms with Gasteiger partial charge < -0.3 is 0 Å². The van der Waals surface area contributed by atoms with Crippen molar-refractivity contribution in [1.29, 1.82) is 0 Å². The Kier molecular flexibility index (Phi) is 2.95. The van der Waals surface area contributed by atoms with Crippen LogP contribution in [0.25, 0.3) is 0 Å². The van der Waals surface area contributed by atoms with Gasteiger partial charge in [-0.3, -0.25) is 4.90 Å². The first-order valence-corrected chi connectivity index (χ1v) is 2.16. The standard InChI is InChI=1S/C5H11N/c1-4-6(3)5-2/h1,3-5H2,2H3/q+1. The average molecular weight is 85.2 g/mol. The van der Waals surface area contributed by atoms with Crippen LogP contribution >= 0.6 is 0 Å². The quantitative estimate of drug-likeness (QED) is 0.451. The minimum absolute atomic E-state index is 0.802. The molecule has 6 heavy (non-hydrogen) atoms. The van der Waals surface area contributed by atoms with Gasteiger partial charge in [0.2, 0.25) is 0 Å². The Balaban J connectivity index is 2.75.